The van der Waals surface area contributed by atoms with E-state index < -0.39 is 5.60 Å². The lowest BCUT2D eigenvalue weighted by atomic mass is 10.00. The Kier molecular flexibility index (Phi) is 2.86. The lowest BCUT2D eigenvalue weighted by molar-refractivity contribution is -0.000465. The van der Waals surface area contributed by atoms with Crippen LogP contribution in [-0.4, -0.2) is 40.4 Å². The molecule has 1 aliphatic heterocycles. The summed E-state index contributed by atoms with van der Waals surface area (Å²) in [5.74, 6) is 0.475. The van der Waals surface area contributed by atoms with Crippen molar-refractivity contribution in [2.45, 2.75) is 57.7 Å². The molecule has 92 valence electrons. The molecule has 4 nitrogen and oxygen atoms in total. The van der Waals surface area contributed by atoms with Crippen LogP contribution in [0.4, 0.5) is 4.79 Å². The van der Waals surface area contributed by atoms with Crippen LogP contribution < -0.4 is 0 Å². The molecule has 0 unspecified atom stereocenters. The van der Waals surface area contributed by atoms with Gasteiger partial charge in [-0.3, -0.25) is 4.90 Å². The molecular formula is C12H21NO3. The van der Waals surface area contributed by atoms with E-state index in [4.69, 9.17) is 4.74 Å². The average Bonchev–Trinajstić information content (AvgIpc) is 2.72. The van der Waals surface area contributed by atoms with Crippen molar-refractivity contribution >= 4 is 6.09 Å². The number of piperidine rings is 1. The summed E-state index contributed by atoms with van der Waals surface area (Å²) in [6.07, 6.45) is 2.96. The van der Waals surface area contributed by atoms with Gasteiger partial charge in [-0.1, -0.05) is 0 Å². The van der Waals surface area contributed by atoms with Gasteiger partial charge in [0.2, 0.25) is 0 Å². The second-order valence-electron chi connectivity index (χ2n) is 5.86. The fourth-order valence-electron chi connectivity index (χ4n) is 2.93. The highest BCUT2D eigenvalue weighted by Gasteiger charge is 2.48. The number of amides is 1. The third kappa shape index (κ3) is 2.03. The number of nitrogens with zero attached hydrogens (tertiary/aromatic N) is 1. The van der Waals surface area contributed by atoms with E-state index >= 15 is 0 Å². The van der Waals surface area contributed by atoms with Gasteiger partial charge in [-0.15, -0.1) is 0 Å². The zero-order valence-electron chi connectivity index (χ0n) is 10.3. The van der Waals surface area contributed by atoms with Crippen LogP contribution in [0.5, 0.6) is 0 Å². The monoisotopic (exact) mass is 227 g/mol. The number of hydrogen-bond donors (Lipinski definition) is 1. The lowest BCUT2D eigenvalue weighted by Gasteiger charge is -2.35. The summed E-state index contributed by atoms with van der Waals surface area (Å²) in [5.41, 5.74) is -0.459. The van der Waals surface area contributed by atoms with Gasteiger partial charge in [0.15, 0.2) is 0 Å². The van der Waals surface area contributed by atoms with Crippen molar-refractivity contribution in [2.75, 3.05) is 6.61 Å². The van der Waals surface area contributed by atoms with Gasteiger partial charge >= 0.3 is 6.09 Å². The van der Waals surface area contributed by atoms with Crippen molar-refractivity contribution in [2.24, 2.45) is 5.92 Å². The minimum Gasteiger partial charge on any atom is -0.444 e. The standard InChI is InChI=1S/C12H21NO3/c1-12(2,3)16-11(15)13-9-5-4-8(6-9)10(13)7-14/h8-10,14H,4-7H2,1-3H3/t8-,9+,10+/m1/s1. The summed E-state index contributed by atoms with van der Waals surface area (Å²) >= 11 is 0. The Morgan fingerprint density at radius 3 is 2.69 bits per heavy atom. The van der Waals surface area contributed by atoms with Crippen molar-refractivity contribution in [1.82, 2.24) is 4.90 Å². The number of hydrogen-bond acceptors (Lipinski definition) is 3. The quantitative estimate of drug-likeness (QED) is 0.742. The predicted molar refractivity (Wildman–Crippen MR) is 60.1 cm³/mol. The summed E-state index contributed by atoms with van der Waals surface area (Å²) in [6, 6.07) is 0.269. The molecule has 2 bridgehead atoms. The number of rotatable bonds is 1. The number of carbonyl (C=O) groups excluding carboxylic acids is 1. The Morgan fingerprint density at radius 2 is 2.12 bits per heavy atom. The minimum absolute atomic E-state index is 0.0198. The molecule has 2 fully saturated rings. The van der Waals surface area contributed by atoms with Crippen molar-refractivity contribution in [3.8, 4) is 0 Å². The lowest BCUT2D eigenvalue weighted by Crippen LogP contribution is -2.48. The van der Waals surface area contributed by atoms with Crippen LogP contribution >= 0.6 is 0 Å². The molecule has 3 atom stereocenters. The van der Waals surface area contributed by atoms with Crippen LogP contribution in [0.25, 0.3) is 0 Å². The fourth-order valence-corrected chi connectivity index (χ4v) is 2.93. The normalized spacial score (nSPS) is 33.2. The maximum Gasteiger partial charge on any atom is 0.410 e. The van der Waals surface area contributed by atoms with E-state index in [0.29, 0.717) is 5.92 Å². The van der Waals surface area contributed by atoms with Gasteiger partial charge in [0.1, 0.15) is 5.60 Å². The first-order valence-electron chi connectivity index (χ1n) is 6.04. The molecular weight excluding hydrogens is 206 g/mol. The van der Waals surface area contributed by atoms with E-state index in [0.717, 1.165) is 19.3 Å². The van der Waals surface area contributed by atoms with Gasteiger partial charge in [0.25, 0.3) is 0 Å². The maximum atomic E-state index is 12.0. The Balaban J connectivity index is 2.06. The maximum absolute atomic E-state index is 12.0. The Morgan fingerprint density at radius 1 is 1.44 bits per heavy atom. The van der Waals surface area contributed by atoms with E-state index in [-0.39, 0.29) is 24.8 Å². The summed E-state index contributed by atoms with van der Waals surface area (Å²) in [4.78, 5) is 13.8. The van der Waals surface area contributed by atoms with Gasteiger partial charge in [-0.05, 0) is 46.0 Å². The van der Waals surface area contributed by atoms with Crippen LogP contribution in [0.15, 0.2) is 0 Å². The average molecular weight is 227 g/mol. The van der Waals surface area contributed by atoms with Crippen LogP contribution in [0.3, 0.4) is 0 Å². The second kappa shape index (κ2) is 3.91. The second-order valence-corrected chi connectivity index (χ2v) is 5.86. The molecule has 1 saturated carbocycles. The third-order valence-corrected chi connectivity index (χ3v) is 3.53. The molecule has 1 heterocycles. The SMILES string of the molecule is CC(C)(C)OC(=O)N1[C@H]2CC[C@H](C2)[C@@H]1CO. The first-order valence-corrected chi connectivity index (χ1v) is 6.04. The topological polar surface area (TPSA) is 49.8 Å². The van der Waals surface area contributed by atoms with Gasteiger partial charge in [-0.25, -0.2) is 4.79 Å². The van der Waals surface area contributed by atoms with Crippen molar-refractivity contribution in [3.05, 3.63) is 0 Å². The number of ether oxygens (including phenoxy) is 1. The molecule has 0 aromatic rings. The van der Waals surface area contributed by atoms with Crippen molar-refractivity contribution in [1.29, 1.82) is 0 Å². The van der Waals surface area contributed by atoms with Gasteiger partial charge in [0, 0.05) is 6.04 Å². The minimum atomic E-state index is -0.459. The van der Waals surface area contributed by atoms with E-state index in [2.05, 4.69) is 0 Å². The molecule has 1 amide bonds. The van der Waals surface area contributed by atoms with Crippen LogP contribution in [0.1, 0.15) is 40.0 Å². The molecule has 4 heteroatoms. The van der Waals surface area contributed by atoms with Gasteiger partial charge in [-0.2, -0.15) is 0 Å². The van der Waals surface area contributed by atoms with E-state index in [1.54, 1.807) is 4.90 Å². The molecule has 16 heavy (non-hydrogen) atoms. The van der Waals surface area contributed by atoms with Gasteiger partial charge < -0.3 is 9.84 Å². The molecule has 0 aromatic heterocycles. The smallest absolute Gasteiger partial charge is 0.410 e. The Hall–Kier alpha value is -0.770. The highest BCUT2D eigenvalue weighted by molar-refractivity contribution is 5.69. The molecule has 2 aliphatic rings. The summed E-state index contributed by atoms with van der Waals surface area (Å²) in [7, 11) is 0. The zero-order valence-corrected chi connectivity index (χ0v) is 10.3. The Labute approximate surface area is 96.6 Å². The summed E-state index contributed by atoms with van der Waals surface area (Å²) in [6.45, 7) is 5.66. The molecule has 0 aromatic carbocycles. The van der Waals surface area contributed by atoms with E-state index in [1.165, 1.54) is 0 Å². The summed E-state index contributed by atoms with van der Waals surface area (Å²) in [5, 5.41) is 9.36. The van der Waals surface area contributed by atoms with Crippen LogP contribution in [0.2, 0.25) is 0 Å². The molecule has 1 saturated heterocycles. The zero-order chi connectivity index (χ0) is 11.9. The number of aliphatic hydroxyl groups excluding tert-OH is 1. The van der Waals surface area contributed by atoms with Crippen LogP contribution in [0, 0.1) is 5.92 Å². The fraction of sp³-hybridized carbons (Fsp3) is 0.917. The highest BCUT2D eigenvalue weighted by Crippen LogP contribution is 2.42. The van der Waals surface area contributed by atoms with Crippen molar-refractivity contribution in [3.63, 3.8) is 0 Å². The number of fused-ring (bicyclic) bond motifs is 2. The first-order chi connectivity index (χ1) is 7.42. The molecule has 1 aliphatic carbocycles. The number of aliphatic hydroxyl groups is 1. The van der Waals surface area contributed by atoms with E-state index in [1.807, 2.05) is 20.8 Å². The molecule has 0 radical (unpaired) electrons. The summed E-state index contributed by atoms with van der Waals surface area (Å²) < 4.78 is 5.38. The van der Waals surface area contributed by atoms with Crippen molar-refractivity contribution < 1.29 is 14.6 Å². The largest absolute Gasteiger partial charge is 0.444 e. The number of likely N-dealkylation sites (tertiary alicyclic amines) is 1. The van der Waals surface area contributed by atoms with Gasteiger partial charge in [0.05, 0.1) is 12.6 Å². The third-order valence-electron chi connectivity index (χ3n) is 3.53. The number of carbonyl (C=O) groups is 1. The van der Waals surface area contributed by atoms with E-state index in [9.17, 15) is 9.90 Å². The highest BCUT2D eigenvalue weighted by atomic mass is 16.6. The molecule has 1 N–H and O–H groups in total. The molecule has 2 rings (SSSR count). The predicted octanol–water partition coefficient (Wildman–Crippen LogP) is 1.77. The first kappa shape index (κ1) is 11.7. The Bertz CT molecular complexity index is 284. The van der Waals surface area contributed by atoms with Crippen LogP contribution in [-0.2, 0) is 4.74 Å². The molecule has 0 spiro atoms.